The Hall–Kier alpha value is -3.39. The lowest BCUT2D eigenvalue weighted by Crippen LogP contribution is -2.41. The van der Waals surface area contributed by atoms with E-state index in [2.05, 4.69) is 5.32 Å². The lowest BCUT2D eigenvalue weighted by atomic mass is 10.2. The average Bonchev–Trinajstić information content (AvgIpc) is 3.48. The second kappa shape index (κ2) is 8.96. The SMILES string of the molecule is CC(CN1CCOC1=O)NC(=O)/C=C/c1cn(-c2ccccc2)nc1-c1cccs1. The van der Waals surface area contributed by atoms with Crippen molar-refractivity contribution >= 4 is 29.4 Å². The highest BCUT2D eigenvalue weighted by atomic mass is 32.1. The van der Waals surface area contributed by atoms with Crippen molar-refractivity contribution in [1.82, 2.24) is 20.0 Å². The van der Waals surface area contributed by atoms with E-state index in [1.54, 1.807) is 22.3 Å². The summed E-state index contributed by atoms with van der Waals surface area (Å²) in [5.41, 5.74) is 2.63. The van der Waals surface area contributed by atoms with E-state index in [9.17, 15) is 9.59 Å². The van der Waals surface area contributed by atoms with Gasteiger partial charge in [0.25, 0.3) is 0 Å². The van der Waals surface area contributed by atoms with Crippen molar-refractivity contribution in [2.75, 3.05) is 19.7 Å². The first-order chi connectivity index (χ1) is 14.6. The van der Waals surface area contributed by atoms with Crippen LogP contribution in [0.1, 0.15) is 12.5 Å². The fourth-order valence-corrected chi connectivity index (χ4v) is 3.98. The standard InChI is InChI=1S/C22H22N4O3S/c1-16(14-25-11-12-29-22(25)28)23-20(27)10-9-17-15-26(18-6-3-2-4-7-18)24-21(17)19-8-5-13-30-19/h2-10,13,15-16H,11-12,14H2,1H3,(H,23,27)/b10-9+. The molecule has 2 aromatic heterocycles. The zero-order valence-corrected chi connectivity index (χ0v) is 17.3. The Balaban J connectivity index is 1.48. The van der Waals surface area contributed by atoms with Crippen LogP contribution in [0.5, 0.6) is 0 Å². The summed E-state index contributed by atoms with van der Waals surface area (Å²) >= 11 is 1.60. The molecule has 1 atom stereocenters. The predicted molar refractivity (Wildman–Crippen MR) is 116 cm³/mol. The van der Waals surface area contributed by atoms with E-state index in [1.807, 2.05) is 65.6 Å². The molecule has 154 valence electrons. The number of thiophene rings is 1. The number of benzene rings is 1. The molecule has 0 bridgehead atoms. The van der Waals surface area contributed by atoms with Gasteiger partial charge in [-0.2, -0.15) is 5.10 Å². The van der Waals surface area contributed by atoms with Crippen molar-refractivity contribution in [3.8, 4) is 16.3 Å². The molecular formula is C22H22N4O3S. The quantitative estimate of drug-likeness (QED) is 0.591. The molecule has 1 aliphatic rings. The zero-order chi connectivity index (χ0) is 20.9. The van der Waals surface area contributed by atoms with Gasteiger partial charge in [-0.15, -0.1) is 11.3 Å². The molecule has 30 heavy (non-hydrogen) atoms. The van der Waals surface area contributed by atoms with Crippen molar-refractivity contribution in [2.45, 2.75) is 13.0 Å². The summed E-state index contributed by atoms with van der Waals surface area (Å²) in [6.07, 6.45) is 4.86. The number of cyclic esters (lactones) is 1. The van der Waals surface area contributed by atoms with E-state index < -0.39 is 0 Å². The van der Waals surface area contributed by atoms with Crippen molar-refractivity contribution in [3.05, 3.63) is 65.7 Å². The van der Waals surface area contributed by atoms with Crippen molar-refractivity contribution < 1.29 is 14.3 Å². The van der Waals surface area contributed by atoms with Gasteiger partial charge in [-0.3, -0.25) is 4.79 Å². The summed E-state index contributed by atoms with van der Waals surface area (Å²) in [5, 5.41) is 9.62. The third-order valence-corrected chi connectivity index (χ3v) is 5.54. The molecule has 1 fully saturated rings. The number of hydrogen-bond acceptors (Lipinski definition) is 5. The van der Waals surface area contributed by atoms with Crippen LogP contribution in [-0.4, -0.2) is 52.4 Å². The topological polar surface area (TPSA) is 76.5 Å². The molecule has 1 aliphatic heterocycles. The summed E-state index contributed by atoms with van der Waals surface area (Å²) in [6.45, 7) is 3.24. The van der Waals surface area contributed by atoms with Gasteiger partial charge in [0.15, 0.2) is 0 Å². The second-order valence-electron chi connectivity index (χ2n) is 6.99. The first-order valence-corrected chi connectivity index (χ1v) is 10.6. The van der Waals surface area contributed by atoms with E-state index in [0.29, 0.717) is 19.7 Å². The molecule has 0 spiro atoms. The minimum absolute atomic E-state index is 0.184. The summed E-state index contributed by atoms with van der Waals surface area (Å²) in [4.78, 5) is 26.6. The number of para-hydroxylation sites is 1. The molecule has 0 radical (unpaired) electrons. The highest BCUT2D eigenvalue weighted by molar-refractivity contribution is 7.13. The van der Waals surface area contributed by atoms with Crippen LogP contribution in [0.4, 0.5) is 4.79 Å². The minimum Gasteiger partial charge on any atom is -0.448 e. The highest BCUT2D eigenvalue weighted by Gasteiger charge is 2.23. The number of amides is 2. The summed E-state index contributed by atoms with van der Waals surface area (Å²) < 4.78 is 6.73. The van der Waals surface area contributed by atoms with Gasteiger partial charge in [0, 0.05) is 30.4 Å². The fourth-order valence-electron chi connectivity index (χ4n) is 3.25. The first-order valence-electron chi connectivity index (χ1n) is 9.69. The van der Waals surface area contributed by atoms with E-state index in [0.717, 1.165) is 21.8 Å². The Morgan fingerprint density at radius 2 is 2.13 bits per heavy atom. The van der Waals surface area contributed by atoms with Gasteiger partial charge in [-0.1, -0.05) is 24.3 Å². The number of carbonyl (C=O) groups excluding carboxylic acids is 2. The third kappa shape index (κ3) is 4.60. The molecule has 2 amide bonds. The van der Waals surface area contributed by atoms with Crippen molar-refractivity contribution in [1.29, 1.82) is 0 Å². The van der Waals surface area contributed by atoms with Crippen molar-refractivity contribution in [3.63, 3.8) is 0 Å². The average molecular weight is 423 g/mol. The monoisotopic (exact) mass is 422 g/mol. The van der Waals surface area contributed by atoms with Crippen LogP contribution >= 0.6 is 11.3 Å². The molecule has 1 aromatic carbocycles. The number of nitrogens with zero attached hydrogens (tertiary/aromatic N) is 3. The van der Waals surface area contributed by atoms with E-state index >= 15 is 0 Å². The van der Waals surface area contributed by atoms with Crippen LogP contribution < -0.4 is 5.32 Å². The third-order valence-electron chi connectivity index (χ3n) is 4.66. The van der Waals surface area contributed by atoms with Crippen LogP contribution in [0.15, 0.2) is 60.1 Å². The Bertz CT molecular complexity index is 1040. The molecule has 8 heteroatoms. The van der Waals surface area contributed by atoms with Crippen LogP contribution in [0, 0.1) is 0 Å². The van der Waals surface area contributed by atoms with Gasteiger partial charge in [0.1, 0.15) is 12.3 Å². The Labute approximate surface area is 178 Å². The number of nitrogens with one attached hydrogen (secondary N) is 1. The molecule has 4 rings (SSSR count). The summed E-state index contributed by atoms with van der Waals surface area (Å²) in [6, 6.07) is 13.7. The fraction of sp³-hybridized carbons (Fsp3) is 0.227. The smallest absolute Gasteiger partial charge is 0.410 e. The first kappa shape index (κ1) is 19.9. The van der Waals surface area contributed by atoms with Crippen molar-refractivity contribution in [2.24, 2.45) is 0 Å². The predicted octanol–water partition coefficient (Wildman–Crippen LogP) is 3.57. The van der Waals surface area contributed by atoms with Gasteiger partial charge in [0.2, 0.25) is 5.91 Å². The van der Waals surface area contributed by atoms with E-state index in [4.69, 9.17) is 9.84 Å². The molecule has 1 N–H and O–H groups in total. The summed E-state index contributed by atoms with van der Waals surface area (Å²) in [7, 11) is 0. The number of ether oxygens (including phenoxy) is 1. The zero-order valence-electron chi connectivity index (χ0n) is 16.5. The number of hydrogen-bond donors (Lipinski definition) is 1. The van der Waals surface area contributed by atoms with Gasteiger partial charge in [-0.25, -0.2) is 9.48 Å². The molecule has 0 aliphatic carbocycles. The molecule has 7 nitrogen and oxygen atoms in total. The maximum Gasteiger partial charge on any atom is 0.410 e. The van der Waals surface area contributed by atoms with Crippen LogP contribution in [0.25, 0.3) is 22.3 Å². The van der Waals surface area contributed by atoms with E-state index in [1.165, 1.54) is 6.08 Å². The highest BCUT2D eigenvalue weighted by Crippen LogP contribution is 2.28. The lowest BCUT2D eigenvalue weighted by molar-refractivity contribution is -0.117. The summed E-state index contributed by atoms with van der Waals surface area (Å²) in [5.74, 6) is -0.223. The van der Waals surface area contributed by atoms with Gasteiger partial charge < -0.3 is 15.0 Å². The largest absolute Gasteiger partial charge is 0.448 e. The molecule has 3 heterocycles. The van der Waals surface area contributed by atoms with Crippen LogP contribution in [0.3, 0.4) is 0 Å². The maximum atomic E-state index is 12.4. The molecule has 3 aromatic rings. The van der Waals surface area contributed by atoms with E-state index in [-0.39, 0.29) is 18.0 Å². The Morgan fingerprint density at radius 1 is 1.30 bits per heavy atom. The second-order valence-corrected chi connectivity index (χ2v) is 7.94. The van der Waals surface area contributed by atoms with Gasteiger partial charge in [0.05, 0.1) is 17.1 Å². The Morgan fingerprint density at radius 3 is 2.83 bits per heavy atom. The molecule has 1 saturated heterocycles. The molecule has 0 saturated carbocycles. The normalized spacial score (nSPS) is 14.8. The van der Waals surface area contributed by atoms with Gasteiger partial charge in [-0.05, 0) is 36.6 Å². The molecular weight excluding hydrogens is 400 g/mol. The van der Waals surface area contributed by atoms with Gasteiger partial charge >= 0.3 is 6.09 Å². The maximum absolute atomic E-state index is 12.4. The van der Waals surface area contributed by atoms with Crippen LogP contribution in [0.2, 0.25) is 0 Å². The van der Waals surface area contributed by atoms with Crippen LogP contribution in [-0.2, 0) is 9.53 Å². The number of aromatic nitrogens is 2. The lowest BCUT2D eigenvalue weighted by Gasteiger charge is -2.18. The number of carbonyl (C=O) groups is 2. The minimum atomic E-state index is -0.333. The Kier molecular flexibility index (Phi) is 5.94. The molecule has 1 unspecified atom stereocenters. The number of rotatable bonds is 7.